The summed E-state index contributed by atoms with van der Waals surface area (Å²) in [6, 6.07) is 5.70. The van der Waals surface area contributed by atoms with Gasteiger partial charge in [0.05, 0.1) is 30.9 Å². The molecule has 0 aliphatic carbocycles. The number of ketones is 1. The van der Waals surface area contributed by atoms with Crippen molar-refractivity contribution in [3.8, 4) is 11.5 Å². The third-order valence-electron chi connectivity index (χ3n) is 3.45. The summed E-state index contributed by atoms with van der Waals surface area (Å²) in [5.41, 5.74) is -0.0345. The molecular weight excluding hydrogens is 332 g/mol. The minimum atomic E-state index is -0.837. The van der Waals surface area contributed by atoms with Gasteiger partial charge in [0, 0.05) is 19.2 Å². The van der Waals surface area contributed by atoms with Crippen LogP contribution in [0.5, 0.6) is 11.5 Å². The van der Waals surface area contributed by atoms with Gasteiger partial charge in [-0.25, -0.2) is 4.79 Å². The highest BCUT2D eigenvalue weighted by molar-refractivity contribution is 6.01. The number of carbonyl (C=O) groups excluding carboxylic acids is 2. The second-order valence-electron chi connectivity index (χ2n) is 5.02. The number of aryl methyl sites for hydroxylation is 1. The Balaban J connectivity index is 2.09. The van der Waals surface area contributed by atoms with E-state index in [-0.39, 0.29) is 22.7 Å². The molecule has 25 heavy (non-hydrogen) atoms. The third-order valence-corrected chi connectivity index (χ3v) is 3.45. The van der Waals surface area contributed by atoms with E-state index in [1.54, 1.807) is 6.07 Å². The summed E-state index contributed by atoms with van der Waals surface area (Å²) >= 11 is 0. The molecule has 2 rings (SSSR count). The van der Waals surface area contributed by atoms with Gasteiger partial charge >= 0.3 is 5.97 Å². The molecule has 1 heterocycles. The zero-order valence-corrected chi connectivity index (χ0v) is 13.8. The molecule has 132 valence electrons. The van der Waals surface area contributed by atoms with Crippen LogP contribution in [0.1, 0.15) is 20.8 Å². The molecule has 0 aliphatic heterocycles. The number of Topliss-reactive ketones (excluding diaryl/α,β-unsaturated/α-hetero) is 1. The Hall–Kier alpha value is -3.36. The Labute approximate surface area is 142 Å². The number of nitrogens with zero attached hydrogens (tertiary/aromatic N) is 2. The number of methoxy groups -OCH3 is 2. The lowest BCUT2D eigenvalue weighted by atomic mass is 10.1. The van der Waals surface area contributed by atoms with E-state index in [1.807, 2.05) is 0 Å². The molecule has 0 N–H and O–H groups in total. The highest BCUT2D eigenvalue weighted by atomic mass is 16.6. The highest BCUT2D eigenvalue weighted by Crippen LogP contribution is 2.25. The Morgan fingerprint density at radius 1 is 1.20 bits per heavy atom. The number of esters is 1. The number of rotatable bonds is 7. The fourth-order valence-corrected chi connectivity index (χ4v) is 2.16. The van der Waals surface area contributed by atoms with Gasteiger partial charge in [-0.05, 0) is 12.1 Å². The SMILES string of the molecule is COc1ccc(C(=O)COC(=O)c2cc([N+](=O)[O-])cn2C)c(OC)c1. The van der Waals surface area contributed by atoms with E-state index in [0.717, 1.165) is 6.07 Å². The molecule has 9 heteroatoms. The van der Waals surface area contributed by atoms with Gasteiger partial charge in [0.2, 0.25) is 5.78 Å². The first-order chi connectivity index (χ1) is 11.9. The van der Waals surface area contributed by atoms with Crippen molar-refractivity contribution in [3.63, 3.8) is 0 Å². The van der Waals surface area contributed by atoms with Crippen molar-refractivity contribution in [1.29, 1.82) is 0 Å². The number of carbonyl (C=O) groups is 2. The molecule has 9 nitrogen and oxygen atoms in total. The Morgan fingerprint density at radius 3 is 2.48 bits per heavy atom. The van der Waals surface area contributed by atoms with E-state index in [1.165, 1.54) is 44.2 Å². The van der Waals surface area contributed by atoms with Crippen LogP contribution >= 0.6 is 0 Å². The van der Waals surface area contributed by atoms with Crippen molar-refractivity contribution in [2.75, 3.05) is 20.8 Å². The van der Waals surface area contributed by atoms with Crippen LogP contribution in [0, 0.1) is 10.1 Å². The van der Waals surface area contributed by atoms with Crippen molar-refractivity contribution in [2.45, 2.75) is 0 Å². The largest absolute Gasteiger partial charge is 0.497 e. The quantitative estimate of drug-likeness (QED) is 0.326. The fourth-order valence-electron chi connectivity index (χ4n) is 2.16. The maximum atomic E-state index is 12.2. The molecule has 0 saturated heterocycles. The van der Waals surface area contributed by atoms with Gasteiger partial charge in [0.15, 0.2) is 6.61 Å². The first kappa shape index (κ1) is 18.0. The summed E-state index contributed by atoms with van der Waals surface area (Å²) in [5.74, 6) is -0.510. The first-order valence-electron chi connectivity index (χ1n) is 7.10. The summed E-state index contributed by atoms with van der Waals surface area (Å²) in [6.45, 7) is -0.527. The average Bonchev–Trinajstić information content (AvgIpc) is 3.00. The summed E-state index contributed by atoms with van der Waals surface area (Å²) in [6.07, 6.45) is 1.19. The molecule has 0 saturated carbocycles. The van der Waals surface area contributed by atoms with Crippen molar-refractivity contribution in [2.24, 2.45) is 7.05 Å². The minimum Gasteiger partial charge on any atom is -0.497 e. The van der Waals surface area contributed by atoms with Crippen LogP contribution in [-0.2, 0) is 11.8 Å². The van der Waals surface area contributed by atoms with E-state index >= 15 is 0 Å². The zero-order chi connectivity index (χ0) is 18.6. The maximum Gasteiger partial charge on any atom is 0.355 e. The summed E-state index contributed by atoms with van der Waals surface area (Å²) < 4.78 is 16.4. The Bertz CT molecular complexity index is 826. The second kappa shape index (κ2) is 7.47. The van der Waals surface area contributed by atoms with Crippen LogP contribution in [0.2, 0.25) is 0 Å². The maximum absolute atomic E-state index is 12.2. The number of benzene rings is 1. The lowest BCUT2D eigenvalue weighted by molar-refractivity contribution is -0.384. The molecule has 0 unspecified atom stereocenters. The molecule has 0 amide bonds. The van der Waals surface area contributed by atoms with Crippen LogP contribution < -0.4 is 9.47 Å². The topological polar surface area (TPSA) is 110 Å². The number of ether oxygens (including phenoxy) is 3. The fraction of sp³-hybridized carbons (Fsp3) is 0.250. The summed E-state index contributed by atoms with van der Waals surface area (Å²) in [4.78, 5) is 34.4. The average molecular weight is 348 g/mol. The van der Waals surface area contributed by atoms with Gasteiger partial charge in [0.1, 0.15) is 17.2 Å². The van der Waals surface area contributed by atoms with Crippen LogP contribution in [0.25, 0.3) is 0 Å². The molecule has 0 radical (unpaired) electrons. The smallest absolute Gasteiger partial charge is 0.355 e. The monoisotopic (exact) mass is 348 g/mol. The normalized spacial score (nSPS) is 10.2. The number of nitro groups is 1. The van der Waals surface area contributed by atoms with Crippen molar-refractivity contribution < 1.29 is 28.7 Å². The van der Waals surface area contributed by atoms with Gasteiger partial charge < -0.3 is 18.8 Å². The van der Waals surface area contributed by atoms with Gasteiger partial charge in [-0.2, -0.15) is 0 Å². The molecule has 2 aromatic rings. The van der Waals surface area contributed by atoms with Gasteiger partial charge in [0.25, 0.3) is 5.69 Å². The predicted molar refractivity (Wildman–Crippen MR) is 86.2 cm³/mol. The van der Waals surface area contributed by atoms with E-state index in [4.69, 9.17) is 14.2 Å². The summed E-state index contributed by atoms with van der Waals surface area (Å²) in [7, 11) is 4.36. The van der Waals surface area contributed by atoms with E-state index in [0.29, 0.717) is 5.75 Å². The van der Waals surface area contributed by atoms with Gasteiger partial charge in [-0.3, -0.25) is 14.9 Å². The molecule has 0 aliphatic rings. The molecule has 0 spiro atoms. The lowest BCUT2D eigenvalue weighted by Crippen LogP contribution is -2.16. The molecular formula is C16H16N2O7. The van der Waals surface area contributed by atoms with E-state index in [2.05, 4.69) is 0 Å². The van der Waals surface area contributed by atoms with Crippen LogP contribution in [0.15, 0.2) is 30.5 Å². The zero-order valence-electron chi connectivity index (χ0n) is 13.8. The van der Waals surface area contributed by atoms with Crippen LogP contribution in [-0.4, -0.2) is 42.1 Å². The number of hydrogen-bond donors (Lipinski definition) is 0. The third kappa shape index (κ3) is 3.94. The number of hydrogen-bond acceptors (Lipinski definition) is 7. The standard InChI is InChI=1S/C16H16N2O7/c1-17-8-10(18(21)22)6-13(17)16(20)25-9-14(19)12-5-4-11(23-2)7-15(12)24-3/h4-8H,9H2,1-3H3. The Kier molecular flexibility index (Phi) is 5.38. The second-order valence-corrected chi connectivity index (χ2v) is 5.02. The molecule has 0 bridgehead atoms. The van der Waals surface area contributed by atoms with Gasteiger partial charge in [-0.1, -0.05) is 0 Å². The van der Waals surface area contributed by atoms with Crippen molar-refractivity contribution in [1.82, 2.24) is 4.57 Å². The minimum absolute atomic E-state index is 0.0267. The van der Waals surface area contributed by atoms with Crippen LogP contribution in [0.3, 0.4) is 0 Å². The van der Waals surface area contributed by atoms with Crippen LogP contribution in [0.4, 0.5) is 5.69 Å². The van der Waals surface area contributed by atoms with Crippen molar-refractivity contribution >= 4 is 17.4 Å². The molecule has 1 aromatic heterocycles. The Morgan fingerprint density at radius 2 is 1.92 bits per heavy atom. The summed E-state index contributed by atoms with van der Waals surface area (Å²) in [5, 5.41) is 10.7. The predicted octanol–water partition coefficient (Wildman–Crippen LogP) is 1.99. The molecule has 0 fully saturated rings. The molecule has 0 atom stereocenters. The lowest BCUT2D eigenvalue weighted by Gasteiger charge is -2.10. The number of aromatic nitrogens is 1. The first-order valence-corrected chi connectivity index (χ1v) is 7.10. The van der Waals surface area contributed by atoms with Crippen molar-refractivity contribution in [3.05, 3.63) is 51.8 Å². The van der Waals surface area contributed by atoms with E-state index < -0.39 is 23.3 Å². The molecule has 1 aromatic carbocycles. The van der Waals surface area contributed by atoms with E-state index in [9.17, 15) is 19.7 Å². The highest BCUT2D eigenvalue weighted by Gasteiger charge is 2.21. The van der Waals surface area contributed by atoms with Gasteiger partial charge in [-0.15, -0.1) is 0 Å².